The number of fused-ring (bicyclic) bond motifs is 3. The third-order valence-electron chi connectivity index (χ3n) is 8.41. The van der Waals surface area contributed by atoms with Crippen molar-refractivity contribution in [2.45, 2.75) is 56.8 Å². The Morgan fingerprint density at radius 2 is 1.87 bits per heavy atom. The zero-order valence-electron chi connectivity index (χ0n) is 22.0. The van der Waals surface area contributed by atoms with Gasteiger partial charge in [0, 0.05) is 31.4 Å². The van der Waals surface area contributed by atoms with Gasteiger partial charge in [-0.25, -0.2) is 9.48 Å². The summed E-state index contributed by atoms with van der Waals surface area (Å²) >= 11 is 2.72. The molecule has 10 heteroatoms. The topological polar surface area (TPSA) is 94.3 Å². The zero-order chi connectivity index (χ0) is 27.0. The van der Waals surface area contributed by atoms with Crippen LogP contribution in [0.1, 0.15) is 56.9 Å². The molecule has 2 aliphatic rings. The molecule has 39 heavy (non-hydrogen) atoms. The molecule has 0 spiro atoms. The van der Waals surface area contributed by atoms with Crippen LogP contribution in [0.25, 0.3) is 11.0 Å². The van der Waals surface area contributed by atoms with Gasteiger partial charge in [0.05, 0.1) is 42.0 Å². The summed E-state index contributed by atoms with van der Waals surface area (Å²) < 4.78 is 8.87. The van der Waals surface area contributed by atoms with Crippen LogP contribution in [0.2, 0.25) is 0 Å². The molecular formula is C29H33N4O4S2+. The second-order valence-electron chi connectivity index (χ2n) is 11.0. The molecule has 1 saturated heterocycles. The number of nitrogens with zero attached hydrogens (tertiary/aromatic N) is 4. The van der Waals surface area contributed by atoms with E-state index >= 15 is 0 Å². The average Bonchev–Trinajstić information content (AvgIpc) is 3.75. The molecule has 1 aromatic carbocycles. The Morgan fingerprint density at radius 3 is 2.51 bits per heavy atom. The maximum atomic E-state index is 13.3. The number of likely N-dealkylation sites (tertiary alicyclic amines) is 1. The number of aliphatic hydroxyl groups is 1. The van der Waals surface area contributed by atoms with Crippen LogP contribution in [0.15, 0.2) is 41.1 Å². The van der Waals surface area contributed by atoms with Crippen molar-refractivity contribution in [3.63, 3.8) is 0 Å². The van der Waals surface area contributed by atoms with Gasteiger partial charge in [0.15, 0.2) is 0 Å². The molecule has 0 unspecified atom stereocenters. The highest BCUT2D eigenvalue weighted by atomic mass is 32.1. The van der Waals surface area contributed by atoms with Gasteiger partial charge in [0.1, 0.15) is 17.9 Å². The van der Waals surface area contributed by atoms with Crippen molar-refractivity contribution in [3.8, 4) is 0 Å². The first-order valence-corrected chi connectivity index (χ1v) is 15.4. The fourth-order valence-corrected chi connectivity index (χ4v) is 7.91. The molecule has 0 saturated carbocycles. The number of thiophene rings is 2. The van der Waals surface area contributed by atoms with E-state index in [1.807, 2.05) is 33.6 Å². The number of aryl methyl sites for hydroxylation is 2. The average molecular weight is 566 g/mol. The number of quaternary nitrogens is 1. The number of hydrogen-bond donors (Lipinski definition) is 1. The Balaban J connectivity index is 1.06. The van der Waals surface area contributed by atoms with E-state index < -0.39 is 11.6 Å². The molecule has 4 heterocycles. The van der Waals surface area contributed by atoms with Crippen LogP contribution in [-0.2, 0) is 34.5 Å². The second-order valence-corrected chi connectivity index (χ2v) is 12.9. The Labute approximate surface area is 235 Å². The van der Waals surface area contributed by atoms with Gasteiger partial charge in [-0.2, -0.15) is 0 Å². The number of ether oxygens (including phenoxy) is 1. The molecule has 6 rings (SSSR count). The van der Waals surface area contributed by atoms with Crippen LogP contribution >= 0.6 is 22.7 Å². The summed E-state index contributed by atoms with van der Waals surface area (Å²) in [5, 5.41) is 24.0. The summed E-state index contributed by atoms with van der Waals surface area (Å²) in [6, 6.07) is 9.14. The minimum absolute atomic E-state index is 0.205. The van der Waals surface area contributed by atoms with Gasteiger partial charge in [-0.1, -0.05) is 17.3 Å². The highest BCUT2D eigenvalue weighted by Crippen LogP contribution is 2.38. The smallest absolute Gasteiger partial charge is 0.349 e. The van der Waals surface area contributed by atoms with E-state index in [2.05, 4.69) is 17.4 Å². The number of piperidine rings is 1. The lowest BCUT2D eigenvalue weighted by atomic mass is 9.99. The van der Waals surface area contributed by atoms with E-state index in [4.69, 9.17) is 4.74 Å². The SMILES string of the molecule is C[N+]1(CCCn2nnc3cc(C=O)c4c(c32)CCC4)CCC(OC(=O)C(O)(c2cccs2)c2cccs2)CC1. The largest absolute Gasteiger partial charge is 0.459 e. The number of carbonyl (C=O) groups is 2. The summed E-state index contributed by atoms with van der Waals surface area (Å²) in [4.78, 5) is 26.0. The lowest BCUT2D eigenvalue weighted by molar-refractivity contribution is -0.915. The fraction of sp³-hybridized carbons (Fsp3) is 0.448. The van der Waals surface area contributed by atoms with Gasteiger partial charge in [0.25, 0.3) is 0 Å². The summed E-state index contributed by atoms with van der Waals surface area (Å²) in [6.07, 6.45) is 6.22. The minimum atomic E-state index is -1.76. The minimum Gasteiger partial charge on any atom is -0.459 e. The van der Waals surface area contributed by atoms with Gasteiger partial charge in [-0.15, -0.1) is 27.8 Å². The fourth-order valence-electron chi connectivity index (χ4n) is 6.19. The molecule has 1 aliphatic carbocycles. The standard InChI is InChI=1S/C29H33N4O4S2/c1-33(13-5-12-32-27-23-7-2-6-22(23)20(19-34)18-24(27)30-31-32)14-10-21(11-15-33)37-28(35)29(36,25-8-3-16-38-25)26-9-4-17-39-26/h3-4,8-9,16-19,21,36H,2,5-7,10-15H2,1H3/q+1. The third kappa shape index (κ3) is 4.84. The van der Waals surface area contributed by atoms with Crippen molar-refractivity contribution in [1.29, 1.82) is 0 Å². The molecular weight excluding hydrogens is 532 g/mol. The summed E-state index contributed by atoms with van der Waals surface area (Å²) in [5.41, 5.74) is 3.31. The molecule has 0 bridgehead atoms. The maximum Gasteiger partial charge on any atom is 0.349 e. The zero-order valence-corrected chi connectivity index (χ0v) is 23.7. The molecule has 8 nitrogen and oxygen atoms in total. The number of rotatable bonds is 9. The highest BCUT2D eigenvalue weighted by molar-refractivity contribution is 7.12. The molecule has 4 aromatic rings. The first kappa shape index (κ1) is 26.3. The van der Waals surface area contributed by atoms with Crippen molar-refractivity contribution in [2.75, 3.05) is 26.7 Å². The molecule has 204 valence electrons. The lowest BCUT2D eigenvalue weighted by Gasteiger charge is -2.40. The lowest BCUT2D eigenvalue weighted by Crippen LogP contribution is -2.52. The quantitative estimate of drug-likeness (QED) is 0.184. The Hall–Kier alpha value is -2.92. The van der Waals surface area contributed by atoms with Gasteiger partial charge in [0.2, 0.25) is 5.60 Å². The molecule has 0 radical (unpaired) electrons. The summed E-state index contributed by atoms with van der Waals surface area (Å²) in [6.45, 7) is 3.59. The van der Waals surface area contributed by atoms with Crippen LogP contribution in [0.5, 0.6) is 0 Å². The van der Waals surface area contributed by atoms with Crippen LogP contribution < -0.4 is 0 Å². The first-order valence-electron chi connectivity index (χ1n) is 13.6. The van der Waals surface area contributed by atoms with Crippen molar-refractivity contribution < 1.29 is 23.9 Å². The van der Waals surface area contributed by atoms with Crippen molar-refractivity contribution in [1.82, 2.24) is 15.0 Å². The maximum absolute atomic E-state index is 13.3. The summed E-state index contributed by atoms with van der Waals surface area (Å²) in [7, 11) is 2.26. The predicted octanol–water partition coefficient (Wildman–Crippen LogP) is 4.33. The molecule has 0 amide bonds. The molecule has 1 fully saturated rings. The Morgan fingerprint density at radius 1 is 1.18 bits per heavy atom. The van der Waals surface area contributed by atoms with Gasteiger partial charge in [-0.05, 0) is 59.3 Å². The van der Waals surface area contributed by atoms with Crippen molar-refractivity contribution >= 4 is 46.0 Å². The predicted molar refractivity (Wildman–Crippen MR) is 151 cm³/mol. The van der Waals surface area contributed by atoms with Crippen LogP contribution in [-0.4, -0.2) is 69.6 Å². The van der Waals surface area contributed by atoms with E-state index in [1.54, 1.807) is 12.1 Å². The second kappa shape index (κ2) is 10.6. The number of esters is 1. The number of carbonyl (C=O) groups excluding carboxylic acids is 2. The Bertz CT molecular complexity index is 1440. The van der Waals surface area contributed by atoms with Crippen molar-refractivity contribution in [2.24, 2.45) is 0 Å². The van der Waals surface area contributed by atoms with E-state index in [0.29, 0.717) is 9.75 Å². The van der Waals surface area contributed by atoms with E-state index in [9.17, 15) is 14.7 Å². The number of aldehydes is 1. The van der Waals surface area contributed by atoms with E-state index in [-0.39, 0.29) is 6.10 Å². The summed E-state index contributed by atoms with van der Waals surface area (Å²) in [5.74, 6) is -0.586. The monoisotopic (exact) mass is 565 g/mol. The molecule has 1 aliphatic heterocycles. The first-order chi connectivity index (χ1) is 18.9. The van der Waals surface area contributed by atoms with Crippen LogP contribution in [0, 0.1) is 0 Å². The highest BCUT2D eigenvalue weighted by Gasteiger charge is 2.45. The number of aromatic nitrogens is 3. The van der Waals surface area contributed by atoms with Crippen molar-refractivity contribution in [3.05, 3.63) is 67.5 Å². The normalized spacial score (nSPS) is 21.2. The van der Waals surface area contributed by atoms with E-state index in [0.717, 1.165) is 92.1 Å². The third-order valence-corrected chi connectivity index (χ3v) is 10.4. The van der Waals surface area contributed by atoms with Gasteiger partial charge < -0.3 is 14.3 Å². The van der Waals surface area contributed by atoms with Gasteiger partial charge >= 0.3 is 5.97 Å². The molecule has 1 N–H and O–H groups in total. The number of benzene rings is 1. The van der Waals surface area contributed by atoms with E-state index in [1.165, 1.54) is 33.8 Å². The Kier molecular flexibility index (Phi) is 7.13. The molecule has 0 atom stereocenters. The van der Waals surface area contributed by atoms with Gasteiger partial charge in [-0.3, -0.25) is 4.79 Å². The molecule has 3 aromatic heterocycles. The number of hydrogen-bond acceptors (Lipinski definition) is 8. The van der Waals surface area contributed by atoms with Crippen LogP contribution in [0.4, 0.5) is 0 Å². The van der Waals surface area contributed by atoms with Crippen LogP contribution in [0.3, 0.4) is 0 Å².